The van der Waals surface area contributed by atoms with E-state index in [4.69, 9.17) is 11.6 Å². The first kappa shape index (κ1) is 15.3. The lowest BCUT2D eigenvalue weighted by Gasteiger charge is -2.23. The fraction of sp³-hybridized carbons (Fsp3) is 0.600. The highest BCUT2D eigenvalue weighted by molar-refractivity contribution is 6.29. The molecular weight excluding hydrogens is 274 g/mol. The number of pyridine rings is 1. The Kier molecular flexibility index (Phi) is 5.38. The second-order valence-corrected chi connectivity index (χ2v) is 5.88. The molecule has 1 heterocycles. The van der Waals surface area contributed by atoms with Crippen LogP contribution in [0.5, 0.6) is 0 Å². The maximum atomic E-state index is 12.0. The van der Waals surface area contributed by atoms with E-state index in [2.05, 4.69) is 22.2 Å². The minimum Gasteiger partial charge on any atom is -0.351 e. The number of aryl methyl sites for hydroxylation is 1. The van der Waals surface area contributed by atoms with Crippen LogP contribution >= 0.6 is 11.6 Å². The highest BCUT2D eigenvalue weighted by Gasteiger charge is 2.19. The molecule has 1 aromatic heterocycles. The first-order valence-corrected chi connectivity index (χ1v) is 7.56. The minimum absolute atomic E-state index is 0.0859. The van der Waals surface area contributed by atoms with Crippen LogP contribution in [0.3, 0.4) is 0 Å². The van der Waals surface area contributed by atoms with E-state index in [0.717, 1.165) is 12.2 Å². The van der Waals surface area contributed by atoms with Crippen molar-refractivity contribution in [2.75, 3.05) is 20.1 Å². The summed E-state index contributed by atoms with van der Waals surface area (Å²) in [6, 6.07) is 4.04. The highest BCUT2D eigenvalue weighted by atomic mass is 35.5. The maximum Gasteiger partial charge on any atom is 0.251 e. The molecule has 0 saturated heterocycles. The van der Waals surface area contributed by atoms with Crippen molar-refractivity contribution in [2.24, 2.45) is 0 Å². The Morgan fingerprint density at radius 3 is 2.80 bits per heavy atom. The van der Waals surface area contributed by atoms with Crippen molar-refractivity contribution < 1.29 is 4.79 Å². The van der Waals surface area contributed by atoms with E-state index in [-0.39, 0.29) is 5.91 Å². The van der Waals surface area contributed by atoms with Crippen molar-refractivity contribution in [3.8, 4) is 0 Å². The molecule has 1 saturated carbocycles. The van der Waals surface area contributed by atoms with Gasteiger partial charge in [0.25, 0.3) is 5.91 Å². The number of hydrogen-bond acceptors (Lipinski definition) is 3. The van der Waals surface area contributed by atoms with Crippen molar-refractivity contribution in [2.45, 2.75) is 38.6 Å². The van der Waals surface area contributed by atoms with Crippen LogP contribution in [-0.4, -0.2) is 42.0 Å². The molecule has 1 N–H and O–H groups in total. The number of likely N-dealkylation sites (N-methyl/N-ethyl adjacent to an activating group) is 1. The van der Waals surface area contributed by atoms with Crippen LogP contribution in [0.2, 0.25) is 5.15 Å². The molecule has 2 rings (SSSR count). The fourth-order valence-electron chi connectivity index (χ4n) is 2.73. The zero-order valence-electron chi connectivity index (χ0n) is 12.2. The SMILES string of the molecule is Cc1cc(C(=O)NCCN(C)C2CCCC2)cc(Cl)n1. The third kappa shape index (κ3) is 4.18. The van der Waals surface area contributed by atoms with E-state index in [1.54, 1.807) is 12.1 Å². The van der Waals surface area contributed by atoms with E-state index in [9.17, 15) is 4.79 Å². The molecular formula is C15H22ClN3O. The first-order chi connectivity index (χ1) is 9.56. The summed E-state index contributed by atoms with van der Waals surface area (Å²) in [5, 5.41) is 3.30. The Morgan fingerprint density at radius 1 is 1.45 bits per heavy atom. The second-order valence-electron chi connectivity index (χ2n) is 5.49. The van der Waals surface area contributed by atoms with Crippen molar-refractivity contribution >= 4 is 17.5 Å². The summed E-state index contributed by atoms with van der Waals surface area (Å²) in [6.07, 6.45) is 5.22. The average Bonchev–Trinajstić information content (AvgIpc) is 2.91. The molecule has 0 aromatic carbocycles. The number of nitrogens with one attached hydrogen (secondary N) is 1. The summed E-state index contributed by atoms with van der Waals surface area (Å²) in [7, 11) is 2.13. The van der Waals surface area contributed by atoms with Crippen LogP contribution in [0.4, 0.5) is 0 Å². The summed E-state index contributed by atoms with van der Waals surface area (Å²) in [6.45, 7) is 3.37. The summed E-state index contributed by atoms with van der Waals surface area (Å²) in [4.78, 5) is 18.4. The smallest absolute Gasteiger partial charge is 0.251 e. The van der Waals surface area contributed by atoms with Gasteiger partial charge >= 0.3 is 0 Å². The normalized spacial score (nSPS) is 15.8. The lowest BCUT2D eigenvalue weighted by Crippen LogP contribution is -2.37. The van der Waals surface area contributed by atoms with Gasteiger partial charge in [-0.3, -0.25) is 4.79 Å². The predicted molar refractivity (Wildman–Crippen MR) is 81.2 cm³/mol. The molecule has 0 unspecified atom stereocenters. The number of aromatic nitrogens is 1. The van der Waals surface area contributed by atoms with Gasteiger partial charge in [-0.15, -0.1) is 0 Å². The van der Waals surface area contributed by atoms with Crippen LogP contribution in [0.1, 0.15) is 41.7 Å². The van der Waals surface area contributed by atoms with E-state index < -0.39 is 0 Å². The Bertz CT molecular complexity index is 452. The van der Waals surface area contributed by atoms with E-state index in [1.807, 2.05) is 6.92 Å². The maximum absolute atomic E-state index is 12.0. The molecule has 1 amide bonds. The molecule has 5 heteroatoms. The lowest BCUT2D eigenvalue weighted by atomic mass is 10.2. The largest absolute Gasteiger partial charge is 0.351 e. The molecule has 1 aliphatic rings. The molecule has 0 atom stereocenters. The summed E-state index contributed by atoms with van der Waals surface area (Å²) >= 11 is 5.87. The summed E-state index contributed by atoms with van der Waals surface area (Å²) < 4.78 is 0. The number of carbonyl (C=O) groups excluding carboxylic acids is 1. The minimum atomic E-state index is -0.0859. The predicted octanol–water partition coefficient (Wildman–Crippen LogP) is 2.65. The van der Waals surface area contributed by atoms with Gasteiger partial charge in [0.05, 0.1) is 0 Å². The van der Waals surface area contributed by atoms with Crippen LogP contribution in [0, 0.1) is 6.92 Å². The van der Waals surface area contributed by atoms with Crippen LogP contribution < -0.4 is 5.32 Å². The van der Waals surface area contributed by atoms with Crippen LogP contribution in [0.15, 0.2) is 12.1 Å². The number of hydrogen-bond donors (Lipinski definition) is 1. The van der Waals surface area contributed by atoms with Gasteiger partial charge in [-0.05, 0) is 38.9 Å². The van der Waals surface area contributed by atoms with Crippen LogP contribution in [0.25, 0.3) is 0 Å². The van der Waals surface area contributed by atoms with Crippen LogP contribution in [-0.2, 0) is 0 Å². The Balaban J connectivity index is 1.79. The van der Waals surface area contributed by atoms with Crippen molar-refractivity contribution in [3.63, 3.8) is 0 Å². The Hall–Kier alpha value is -1.13. The number of nitrogens with zero attached hydrogens (tertiary/aromatic N) is 2. The highest BCUT2D eigenvalue weighted by Crippen LogP contribution is 2.21. The molecule has 1 aromatic rings. The number of halogens is 1. The molecule has 1 aliphatic carbocycles. The zero-order chi connectivity index (χ0) is 14.5. The Labute approximate surface area is 125 Å². The standard InChI is InChI=1S/C15H22ClN3O/c1-11-9-12(10-14(16)18-11)15(20)17-7-8-19(2)13-5-3-4-6-13/h9-10,13H,3-8H2,1-2H3,(H,17,20). The van der Waals surface area contributed by atoms with Gasteiger partial charge in [-0.2, -0.15) is 0 Å². The topological polar surface area (TPSA) is 45.2 Å². The molecule has 0 radical (unpaired) electrons. The van der Waals surface area contributed by atoms with Gasteiger partial charge in [-0.1, -0.05) is 24.4 Å². The van der Waals surface area contributed by atoms with Crippen molar-refractivity contribution in [3.05, 3.63) is 28.5 Å². The molecule has 110 valence electrons. The third-order valence-corrected chi connectivity index (χ3v) is 4.08. The van der Waals surface area contributed by atoms with Gasteiger partial charge < -0.3 is 10.2 Å². The van der Waals surface area contributed by atoms with Gasteiger partial charge in [0.15, 0.2) is 0 Å². The quantitative estimate of drug-likeness (QED) is 0.850. The van der Waals surface area contributed by atoms with Gasteiger partial charge in [0, 0.05) is 30.4 Å². The average molecular weight is 296 g/mol. The van der Waals surface area contributed by atoms with Crippen molar-refractivity contribution in [1.82, 2.24) is 15.2 Å². The molecule has 0 aliphatic heterocycles. The second kappa shape index (κ2) is 7.04. The summed E-state index contributed by atoms with van der Waals surface area (Å²) in [5.41, 5.74) is 1.33. The molecule has 1 fully saturated rings. The van der Waals surface area contributed by atoms with Gasteiger partial charge in [-0.25, -0.2) is 4.98 Å². The fourth-order valence-corrected chi connectivity index (χ4v) is 2.99. The lowest BCUT2D eigenvalue weighted by molar-refractivity contribution is 0.0947. The molecule has 20 heavy (non-hydrogen) atoms. The third-order valence-electron chi connectivity index (χ3n) is 3.88. The van der Waals surface area contributed by atoms with E-state index >= 15 is 0 Å². The van der Waals surface area contributed by atoms with Gasteiger partial charge in [0.2, 0.25) is 0 Å². The van der Waals surface area contributed by atoms with E-state index in [0.29, 0.717) is 23.3 Å². The number of rotatable bonds is 5. The first-order valence-electron chi connectivity index (χ1n) is 7.19. The monoisotopic (exact) mass is 295 g/mol. The van der Waals surface area contributed by atoms with Crippen molar-refractivity contribution in [1.29, 1.82) is 0 Å². The number of carbonyl (C=O) groups is 1. The van der Waals surface area contributed by atoms with Gasteiger partial charge in [0.1, 0.15) is 5.15 Å². The summed E-state index contributed by atoms with van der Waals surface area (Å²) in [5.74, 6) is -0.0859. The molecule has 4 nitrogen and oxygen atoms in total. The molecule has 0 bridgehead atoms. The Morgan fingerprint density at radius 2 is 2.15 bits per heavy atom. The molecule has 0 spiro atoms. The number of amides is 1. The zero-order valence-corrected chi connectivity index (χ0v) is 12.9. The van der Waals surface area contributed by atoms with E-state index in [1.165, 1.54) is 25.7 Å².